The number of pyridine rings is 1. The van der Waals surface area contributed by atoms with E-state index in [4.69, 9.17) is 10.8 Å². The van der Waals surface area contributed by atoms with Gasteiger partial charge in [-0.3, -0.25) is 9.59 Å². The first-order valence-electron chi connectivity index (χ1n) is 6.11. The number of carbonyl (C=O) groups excluding carboxylic acids is 1. The van der Waals surface area contributed by atoms with Crippen molar-refractivity contribution >= 4 is 28.6 Å². The Balaban J connectivity index is 2.44. The molecule has 104 valence electrons. The molecular weight excluding hydrogens is 258 g/mol. The highest BCUT2D eigenvalue weighted by atomic mass is 16.4. The fourth-order valence-electron chi connectivity index (χ4n) is 1.94. The van der Waals surface area contributed by atoms with Gasteiger partial charge in [-0.2, -0.15) is 0 Å². The first kappa shape index (κ1) is 13.8. The molecule has 20 heavy (non-hydrogen) atoms. The number of hydrogen-bond donors (Lipinski definition) is 2. The molecule has 1 amide bonds. The molecule has 1 aromatic heterocycles. The van der Waals surface area contributed by atoms with Crippen LogP contribution in [0.5, 0.6) is 0 Å². The Morgan fingerprint density at radius 2 is 2.05 bits per heavy atom. The number of rotatable bonds is 5. The van der Waals surface area contributed by atoms with Gasteiger partial charge in [0.25, 0.3) is 0 Å². The summed E-state index contributed by atoms with van der Waals surface area (Å²) in [6.45, 7) is 0.304. The van der Waals surface area contributed by atoms with Crippen LogP contribution in [0.2, 0.25) is 0 Å². The normalized spacial score (nSPS) is 10.4. The van der Waals surface area contributed by atoms with Crippen molar-refractivity contribution in [1.29, 1.82) is 0 Å². The van der Waals surface area contributed by atoms with E-state index in [1.165, 1.54) is 0 Å². The van der Waals surface area contributed by atoms with Gasteiger partial charge in [-0.05, 0) is 12.1 Å². The Hall–Kier alpha value is -2.63. The number of nitrogens with zero attached hydrogens (tertiary/aromatic N) is 2. The summed E-state index contributed by atoms with van der Waals surface area (Å²) >= 11 is 0. The molecule has 0 unspecified atom stereocenters. The average molecular weight is 273 g/mol. The summed E-state index contributed by atoms with van der Waals surface area (Å²) in [5, 5.41) is 9.39. The Morgan fingerprint density at radius 3 is 2.70 bits per heavy atom. The third-order valence-corrected chi connectivity index (χ3v) is 3.02. The summed E-state index contributed by atoms with van der Waals surface area (Å²) in [5.41, 5.74) is 6.43. The molecule has 1 aromatic carbocycles. The lowest BCUT2D eigenvalue weighted by Gasteiger charge is -2.18. The fourth-order valence-corrected chi connectivity index (χ4v) is 1.94. The van der Waals surface area contributed by atoms with E-state index in [1.807, 2.05) is 12.1 Å². The van der Waals surface area contributed by atoms with Gasteiger partial charge in [0.15, 0.2) is 0 Å². The second-order valence-corrected chi connectivity index (χ2v) is 4.47. The van der Waals surface area contributed by atoms with Gasteiger partial charge >= 0.3 is 5.97 Å². The van der Waals surface area contributed by atoms with Crippen molar-refractivity contribution in [3.05, 3.63) is 35.9 Å². The van der Waals surface area contributed by atoms with Crippen molar-refractivity contribution in [2.24, 2.45) is 5.73 Å². The van der Waals surface area contributed by atoms with Gasteiger partial charge in [-0.25, -0.2) is 4.98 Å². The van der Waals surface area contributed by atoms with Gasteiger partial charge in [0.2, 0.25) is 5.91 Å². The molecule has 1 heterocycles. The van der Waals surface area contributed by atoms with Crippen LogP contribution in [-0.2, 0) is 4.79 Å². The van der Waals surface area contributed by atoms with Crippen molar-refractivity contribution in [2.45, 2.75) is 6.42 Å². The molecule has 0 saturated heterocycles. The molecule has 6 heteroatoms. The van der Waals surface area contributed by atoms with Crippen LogP contribution in [0.4, 0.5) is 5.82 Å². The maximum Gasteiger partial charge on any atom is 0.305 e. The fraction of sp³-hybridized carbons (Fsp3) is 0.214. The Bertz CT molecular complexity index is 670. The quantitative estimate of drug-likeness (QED) is 0.854. The van der Waals surface area contributed by atoms with Crippen LogP contribution in [0.25, 0.3) is 10.9 Å². The minimum Gasteiger partial charge on any atom is -0.481 e. The van der Waals surface area contributed by atoms with Crippen LogP contribution < -0.4 is 10.6 Å². The van der Waals surface area contributed by atoms with E-state index in [9.17, 15) is 9.59 Å². The Morgan fingerprint density at radius 1 is 1.35 bits per heavy atom. The summed E-state index contributed by atoms with van der Waals surface area (Å²) in [6.07, 6.45) is -0.00306. The number of carbonyl (C=O) groups is 2. The van der Waals surface area contributed by atoms with Gasteiger partial charge < -0.3 is 15.7 Å². The zero-order valence-corrected chi connectivity index (χ0v) is 11.0. The van der Waals surface area contributed by atoms with Crippen LogP contribution >= 0.6 is 0 Å². The number of amides is 1. The molecule has 0 spiro atoms. The summed E-state index contributed by atoms with van der Waals surface area (Å²) in [7, 11) is 1.73. The van der Waals surface area contributed by atoms with Gasteiger partial charge in [0, 0.05) is 19.0 Å². The number of benzene rings is 1. The lowest BCUT2D eigenvalue weighted by atomic mass is 10.1. The third-order valence-electron chi connectivity index (χ3n) is 3.02. The molecule has 6 nitrogen and oxygen atoms in total. The number of fused-ring (bicyclic) bond motifs is 1. The number of carboxylic acids is 1. The molecule has 0 saturated carbocycles. The standard InChI is InChI=1S/C14H15N3O3/c1-17(7-6-13(18)19)12-8-10(14(15)20)9-4-2-3-5-11(9)16-12/h2-5,8H,6-7H2,1H3,(H2,15,20)(H,18,19). The van der Waals surface area contributed by atoms with Crippen molar-refractivity contribution < 1.29 is 14.7 Å². The zero-order valence-electron chi connectivity index (χ0n) is 11.0. The lowest BCUT2D eigenvalue weighted by Crippen LogP contribution is -2.23. The van der Waals surface area contributed by atoms with Gasteiger partial charge in [-0.15, -0.1) is 0 Å². The molecule has 2 rings (SSSR count). The number of aliphatic carboxylic acids is 1. The first-order chi connectivity index (χ1) is 9.49. The lowest BCUT2D eigenvalue weighted by molar-refractivity contribution is -0.136. The number of carboxylic acid groups (broad SMARTS) is 1. The monoisotopic (exact) mass is 273 g/mol. The highest BCUT2D eigenvalue weighted by Gasteiger charge is 2.12. The molecule has 2 aromatic rings. The number of anilines is 1. The molecule has 0 aliphatic heterocycles. The molecule has 0 bridgehead atoms. The highest BCUT2D eigenvalue weighted by molar-refractivity contribution is 6.06. The predicted molar refractivity (Wildman–Crippen MR) is 75.8 cm³/mol. The smallest absolute Gasteiger partial charge is 0.305 e. The largest absolute Gasteiger partial charge is 0.481 e. The molecule has 0 radical (unpaired) electrons. The van der Waals surface area contributed by atoms with Crippen LogP contribution in [0.15, 0.2) is 30.3 Å². The van der Waals surface area contributed by atoms with Gasteiger partial charge in [0.1, 0.15) is 5.82 Å². The van der Waals surface area contributed by atoms with Crippen molar-refractivity contribution in [3.8, 4) is 0 Å². The summed E-state index contributed by atoms with van der Waals surface area (Å²) in [6, 6.07) is 8.79. The van der Waals surface area contributed by atoms with Gasteiger partial charge in [-0.1, -0.05) is 18.2 Å². The summed E-state index contributed by atoms with van der Waals surface area (Å²) in [4.78, 5) is 28.2. The molecular formula is C14H15N3O3. The van der Waals surface area contributed by atoms with Crippen LogP contribution in [-0.4, -0.2) is 35.6 Å². The topological polar surface area (TPSA) is 96.5 Å². The van der Waals surface area contributed by atoms with Crippen molar-refractivity contribution in [3.63, 3.8) is 0 Å². The zero-order chi connectivity index (χ0) is 14.7. The minimum atomic E-state index is -0.882. The van der Waals surface area contributed by atoms with Crippen molar-refractivity contribution in [2.75, 3.05) is 18.5 Å². The van der Waals surface area contributed by atoms with E-state index in [0.717, 1.165) is 0 Å². The molecule has 0 aliphatic rings. The number of hydrogen-bond acceptors (Lipinski definition) is 4. The second kappa shape index (κ2) is 5.56. The van der Waals surface area contributed by atoms with E-state index in [2.05, 4.69) is 4.98 Å². The SMILES string of the molecule is CN(CCC(=O)O)c1cc(C(N)=O)c2ccccc2n1. The predicted octanol–water partition coefficient (Wildman–Crippen LogP) is 1.24. The maximum atomic E-state index is 11.5. The van der Waals surface area contributed by atoms with E-state index in [-0.39, 0.29) is 6.42 Å². The summed E-state index contributed by atoms with van der Waals surface area (Å²) in [5.74, 6) is -0.886. The highest BCUT2D eigenvalue weighted by Crippen LogP contribution is 2.22. The molecule has 3 N–H and O–H groups in total. The Labute approximate surface area is 115 Å². The summed E-state index contributed by atoms with van der Waals surface area (Å²) < 4.78 is 0. The minimum absolute atomic E-state index is 0.00306. The number of aromatic nitrogens is 1. The first-order valence-corrected chi connectivity index (χ1v) is 6.11. The van der Waals surface area contributed by atoms with E-state index >= 15 is 0 Å². The molecule has 0 atom stereocenters. The molecule has 0 fully saturated rings. The molecule has 0 aliphatic carbocycles. The van der Waals surface area contributed by atoms with E-state index in [1.54, 1.807) is 30.1 Å². The van der Waals surface area contributed by atoms with E-state index < -0.39 is 11.9 Å². The van der Waals surface area contributed by atoms with E-state index in [0.29, 0.717) is 28.8 Å². The van der Waals surface area contributed by atoms with Crippen LogP contribution in [0, 0.1) is 0 Å². The van der Waals surface area contributed by atoms with Crippen LogP contribution in [0.3, 0.4) is 0 Å². The number of nitrogens with two attached hydrogens (primary N) is 1. The number of para-hydroxylation sites is 1. The second-order valence-electron chi connectivity index (χ2n) is 4.47. The number of primary amides is 1. The Kier molecular flexibility index (Phi) is 3.84. The van der Waals surface area contributed by atoms with Gasteiger partial charge in [0.05, 0.1) is 17.5 Å². The maximum absolute atomic E-state index is 11.5. The van der Waals surface area contributed by atoms with Crippen molar-refractivity contribution in [1.82, 2.24) is 4.98 Å². The average Bonchev–Trinajstić information content (AvgIpc) is 2.43. The third kappa shape index (κ3) is 2.85. The van der Waals surface area contributed by atoms with Crippen LogP contribution in [0.1, 0.15) is 16.8 Å².